The van der Waals surface area contributed by atoms with E-state index in [9.17, 15) is 17.3 Å². The molecule has 0 atom stereocenters. The molecule has 0 radical (unpaired) electrons. The molecule has 0 amide bonds. The standard InChI is InChI=1S/C3H5.BF4.K/c1-3-2;2-1(3,4)5;/h1H2,2H3;;/q2*-1;+1. The summed E-state index contributed by atoms with van der Waals surface area (Å²) in [5.74, 6) is 0. The third-order valence-electron chi connectivity index (χ3n) is 0. The van der Waals surface area contributed by atoms with Gasteiger partial charge in [0.05, 0.1) is 0 Å². The van der Waals surface area contributed by atoms with Gasteiger partial charge in [0.25, 0.3) is 0 Å². The van der Waals surface area contributed by atoms with Gasteiger partial charge in [-0.15, -0.1) is 0 Å². The SMILES string of the molecule is C=[C-]C.F[B-](F)(F)F.[K+]. The quantitative estimate of drug-likeness (QED) is 0.254. The van der Waals surface area contributed by atoms with Gasteiger partial charge in [-0.1, -0.05) is 0 Å². The van der Waals surface area contributed by atoms with Crippen molar-refractivity contribution in [3.05, 3.63) is 12.7 Å². The summed E-state index contributed by atoms with van der Waals surface area (Å²) in [7, 11) is -6.00. The first-order chi connectivity index (χ1) is 3.41. The van der Waals surface area contributed by atoms with E-state index in [0.717, 1.165) is 0 Å². The summed E-state index contributed by atoms with van der Waals surface area (Å²) < 4.78 is 39.0. The zero-order valence-electron chi connectivity index (χ0n) is 5.30. The molecule has 0 aromatic heterocycles. The molecule has 0 nitrogen and oxygen atoms in total. The van der Waals surface area contributed by atoms with Crippen molar-refractivity contribution in [2.45, 2.75) is 6.92 Å². The first kappa shape index (κ1) is 16.6. The van der Waals surface area contributed by atoms with Crippen LogP contribution >= 0.6 is 0 Å². The Kier molecular flexibility index (Phi) is 16.9. The molecule has 0 saturated heterocycles. The summed E-state index contributed by atoms with van der Waals surface area (Å²) in [5.41, 5.74) is 0. The van der Waals surface area contributed by atoms with Gasteiger partial charge in [-0.2, -0.15) is 6.92 Å². The Morgan fingerprint density at radius 1 is 1.22 bits per heavy atom. The summed E-state index contributed by atoms with van der Waals surface area (Å²) >= 11 is 0. The Labute approximate surface area is 94.2 Å². The van der Waals surface area contributed by atoms with Gasteiger partial charge in [-0.25, -0.2) is 0 Å². The van der Waals surface area contributed by atoms with Crippen molar-refractivity contribution in [1.82, 2.24) is 0 Å². The topological polar surface area (TPSA) is 0 Å². The molecule has 0 aliphatic rings. The fraction of sp³-hybridized carbons (Fsp3) is 0.333. The second-order valence-corrected chi connectivity index (χ2v) is 0.848. The number of allylic oxidation sites excluding steroid dienone is 1. The molecule has 0 bridgehead atoms. The van der Waals surface area contributed by atoms with Crippen LogP contribution in [0, 0.1) is 6.08 Å². The van der Waals surface area contributed by atoms with Crippen molar-refractivity contribution >= 4 is 7.25 Å². The maximum absolute atomic E-state index is 9.75. The van der Waals surface area contributed by atoms with Gasteiger partial charge in [-0.3, -0.25) is 6.58 Å². The largest absolute Gasteiger partial charge is 1.00 e. The maximum atomic E-state index is 9.75. The van der Waals surface area contributed by atoms with E-state index < -0.39 is 7.25 Å². The number of rotatable bonds is 0. The van der Waals surface area contributed by atoms with Crippen LogP contribution in [0.5, 0.6) is 0 Å². The first-order valence-electron chi connectivity index (χ1n) is 1.73. The van der Waals surface area contributed by atoms with Crippen LogP contribution in [-0.2, 0) is 0 Å². The van der Waals surface area contributed by atoms with Gasteiger partial charge in [0, 0.05) is 0 Å². The summed E-state index contributed by atoms with van der Waals surface area (Å²) in [4.78, 5) is 0. The van der Waals surface area contributed by atoms with E-state index in [1.165, 1.54) is 0 Å². The van der Waals surface area contributed by atoms with Gasteiger partial charge < -0.3 is 23.3 Å². The third kappa shape index (κ3) is 348. The van der Waals surface area contributed by atoms with Crippen LogP contribution in [0.3, 0.4) is 0 Å². The fourth-order valence-corrected chi connectivity index (χ4v) is 0. The van der Waals surface area contributed by atoms with E-state index >= 15 is 0 Å². The molecular formula is C3H5BF4K-. The van der Waals surface area contributed by atoms with Gasteiger partial charge in [-0.05, 0) is 0 Å². The molecule has 6 heteroatoms. The Morgan fingerprint density at radius 3 is 1.22 bits per heavy atom. The molecule has 0 heterocycles. The molecule has 0 aliphatic carbocycles. The molecule has 0 aromatic carbocycles. The van der Waals surface area contributed by atoms with Crippen LogP contribution in [0.4, 0.5) is 17.3 Å². The molecule has 0 saturated carbocycles. The molecule has 0 unspecified atom stereocenters. The normalized spacial score (nSPS) is 8.11. The van der Waals surface area contributed by atoms with Crippen LogP contribution in [0.15, 0.2) is 6.58 Å². The van der Waals surface area contributed by atoms with Crippen molar-refractivity contribution in [2.24, 2.45) is 0 Å². The van der Waals surface area contributed by atoms with E-state index in [1.54, 1.807) is 6.92 Å². The van der Waals surface area contributed by atoms with E-state index in [4.69, 9.17) is 0 Å². The molecule has 0 aliphatic heterocycles. The minimum atomic E-state index is -6.00. The van der Waals surface area contributed by atoms with E-state index in [-0.39, 0.29) is 51.4 Å². The van der Waals surface area contributed by atoms with Gasteiger partial charge in [0.1, 0.15) is 0 Å². The molecule has 50 valence electrons. The van der Waals surface area contributed by atoms with Crippen molar-refractivity contribution in [3.63, 3.8) is 0 Å². The van der Waals surface area contributed by atoms with Gasteiger partial charge >= 0.3 is 58.6 Å². The van der Waals surface area contributed by atoms with E-state index in [1.807, 2.05) is 0 Å². The zero-order chi connectivity index (χ0) is 7.21. The molecule has 0 N–H and O–H groups in total. The predicted octanol–water partition coefficient (Wildman–Crippen LogP) is -0.701. The Bertz CT molecular complexity index is 55.3. The maximum Gasteiger partial charge on any atom is 1.00 e. The summed E-state index contributed by atoms with van der Waals surface area (Å²) in [6, 6.07) is 0. The van der Waals surface area contributed by atoms with E-state index in [2.05, 4.69) is 12.7 Å². The second-order valence-electron chi connectivity index (χ2n) is 0.848. The smallest absolute Gasteiger partial charge is 0.507 e. The molecule has 0 fully saturated rings. The van der Waals surface area contributed by atoms with Crippen molar-refractivity contribution in [1.29, 1.82) is 0 Å². The van der Waals surface area contributed by atoms with Crippen molar-refractivity contribution < 1.29 is 68.6 Å². The molecule has 9 heavy (non-hydrogen) atoms. The number of hydrogen-bond donors (Lipinski definition) is 0. The molecule has 0 rings (SSSR count). The summed E-state index contributed by atoms with van der Waals surface area (Å²) in [5, 5.41) is 0. The molecule has 0 spiro atoms. The Morgan fingerprint density at radius 2 is 1.22 bits per heavy atom. The summed E-state index contributed by atoms with van der Waals surface area (Å²) in [6.07, 6.45) is 2.50. The van der Waals surface area contributed by atoms with Crippen LogP contribution in [0.25, 0.3) is 0 Å². The monoisotopic (exact) mass is 167 g/mol. The second kappa shape index (κ2) is 9.16. The van der Waals surface area contributed by atoms with Crippen LogP contribution in [0.2, 0.25) is 0 Å². The van der Waals surface area contributed by atoms with Crippen LogP contribution < -0.4 is 51.4 Å². The zero-order valence-corrected chi connectivity index (χ0v) is 8.42. The number of halogens is 4. The third-order valence-corrected chi connectivity index (χ3v) is 0. The average molecular weight is 167 g/mol. The Balaban J connectivity index is -0.0000000800. The number of hydrogen-bond acceptors (Lipinski definition) is 0. The van der Waals surface area contributed by atoms with Gasteiger partial charge in [0.15, 0.2) is 0 Å². The summed E-state index contributed by atoms with van der Waals surface area (Å²) in [6.45, 7) is 5.00. The fourth-order valence-electron chi connectivity index (χ4n) is 0. The minimum absolute atomic E-state index is 0. The molecule has 0 aromatic rings. The van der Waals surface area contributed by atoms with Gasteiger partial charge in [0.2, 0.25) is 0 Å². The van der Waals surface area contributed by atoms with Crippen LogP contribution in [0.1, 0.15) is 6.92 Å². The minimum Gasteiger partial charge on any atom is -0.507 e. The van der Waals surface area contributed by atoms with Crippen molar-refractivity contribution in [2.75, 3.05) is 0 Å². The predicted molar refractivity (Wildman–Crippen MR) is 24.7 cm³/mol. The van der Waals surface area contributed by atoms with Crippen molar-refractivity contribution in [3.8, 4) is 0 Å². The van der Waals surface area contributed by atoms with Crippen LogP contribution in [-0.4, -0.2) is 7.25 Å². The molecular weight excluding hydrogens is 162 g/mol. The van der Waals surface area contributed by atoms with E-state index in [0.29, 0.717) is 0 Å². The first-order valence-corrected chi connectivity index (χ1v) is 1.73. The Hall–Kier alpha value is 1.16. The average Bonchev–Trinajstić information content (AvgIpc) is 1.27.